The van der Waals surface area contributed by atoms with Crippen LogP contribution in [0.3, 0.4) is 0 Å². The lowest BCUT2D eigenvalue weighted by Crippen LogP contribution is -2.96. The van der Waals surface area contributed by atoms with Crippen molar-refractivity contribution in [2.75, 3.05) is 10.2 Å². The van der Waals surface area contributed by atoms with E-state index < -0.39 is 0 Å². The molecule has 0 atom stereocenters. The molecule has 1 heterocycles. The molecule has 0 saturated heterocycles. The lowest BCUT2D eigenvalue weighted by molar-refractivity contribution is -0.545. The number of hydrazine groups is 1. The zero-order chi connectivity index (χ0) is 15.5. The number of anilines is 2. The van der Waals surface area contributed by atoms with Crippen LogP contribution in [0.1, 0.15) is 5.56 Å². The van der Waals surface area contributed by atoms with E-state index >= 15 is 0 Å². The van der Waals surface area contributed by atoms with E-state index in [0.717, 1.165) is 22.8 Å². The average Bonchev–Trinajstić information content (AvgIpc) is 3.09. The Labute approximate surface area is 135 Å². The van der Waals surface area contributed by atoms with Crippen LogP contribution in [0, 0.1) is 0 Å². The molecular formula is C19H17N4+. The largest absolute Gasteiger partial charge is 0.277 e. The number of hydrogen-bond acceptors (Lipinski definition) is 3. The second kappa shape index (κ2) is 5.94. The molecule has 4 nitrogen and oxygen atoms in total. The fourth-order valence-corrected chi connectivity index (χ4v) is 2.60. The van der Waals surface area contributed by atoms with Gasteiger partial charge in [-0.1, -0.05) is 59.7 Å². The second-order valence-electron chi connectivity index (χ2n) is 5.29. The third-order valence-corrected chi connectivity index (χ3v) is 3.73. The fraction of sp³-hybridized carbons (Fsp3) is 0. The molecule has 3 aromatic carbocycles. The van der Waals surface area contributed by atoms with Gasteiger partial charge in [0.05, 0.1) is 11.3 Å². The van der Waals surface area contributed by atoms with Crippen LogP contribution in [-0.2, 0) is 0 Å². The molecule has 2 N–H and O–H groups in total. The third kappa shape index (κ3) is 2.67. The first-order valence-corrected chi connectivity index (χ1v) is 7.60. The fourth-order valence-electron chi connectivity index (χ4n) is 2.60. The maximum Gasteiger partial charge on any atom is 0.277 e. The summed E-state index contributed by atoms with van der Waals surface area (Å²) in [6.07, 6.45) is 0. The lowest BCUT2D eigenvalue weighted by Gasteiger charge is -2.23. The van der Waals surface area contributed by atoms with E-state index in [1.165, 1.54) is 0 Å². The highest BCUT2D eigenvalue weighted by Gasteiger charge is 2.30. The van der Waals surface area contributed by atoms with Crippen molar-refractivity contribution in [3.8, 4) is 0 Å². The Balaban J connectivity index is 1.75. The molecule has 4 rings (SSSR count). The predicted octanol–water partition coefficient (Wildman–Crippen LogP) is 2.77. The van der Waals surface area contributed by atoms with E-state index in [9.17, 15) is 0 Å². The molecule has 1 aliphatic rings. The molecule has 0 bridgehead atoms. The zero-order valence-electron chi connectivity index (χ0n) is 12.6. The van der Waals surface area contributed by atoms with Crippen LogP contribution < -0.4 is 15.7 Å². The summed E-state index contributed by atoms with van der Waals surface area (Å²) < 4.78 is 0. The summed E-state index contributed by atoms with van der Waals surface area (Å²) >= 11 is 0. The molecule has 1 aliphatic heterocycles. The van der Waals surface area contributed by atoms with E-state index in [1.807, 2.05) is 59.7 Å². The highest BCUT2D eigenvalue weighted by molar-refractivity contribution is 5.93. The number of hydrazone groups is 1. The van der Waals surface area contributed by atoms with Crippen molar-refractivity contribution >= 4 is 17.2 Å². The van der Waals surface area contributed by atoms with E-state index in [0.29, 0.717) is 0 Å². The summed E-state index contributed by atoms with van der Waals surface area (Å²) in [7, 11) is 0. The Morgan fingerprint density at radius 2 is 1.13 bits per heavy atom. The summed E-state index contributed by atoms with van der Waals surface area (Å²) in [6.45, 7) is 0. The van der Waals surface area contributed by atoms with Gasteiger partial charge in [-0.15, -0.1) is 10.2 Å². The molecule has 23 heavy (non-hydrogen) atoms. The highest BCUT2D eigenvalue weighted by Crippen LogP contribution is 2.22. The first-order valence-electron chi connectivity index (χ1n) is 7.60. The molecule has 112 valence electrons. The Morgan fingerprint density at radius 3 is 1.74 bits per heavy atom. The molecule has 0 radical (unpaired) electrons. The van der Waals surface area contributed by atoms with Crippen molar-refractivity contribution < 1.29 is 5.43 Å². The van der Waals surface area contributed by atoms with E-state index in [-0.39, 0.29) is 0 Å². The Morgan fingerprint density at radius 1 is 0.609 bits per heavy atom. The van der Waals surface area contributed by atoms with Gasteiger partial charge < -0.3 is 0 Å². The van der Waals surface area contributed by atoms with Gasteiger partial charge in [-0.2, -0.15) is 5.43 Å². The van der Waals surface area contributed by atoms with Gasteiger partial charge in [0.25, 0.3) is 5.84 Å². The van der Waals surface area contributed by atoms with Gasteiger partial charge >= 0.3 is 0 Å². The van der Waals surface area contributed by atoms with Crippen LogP contribution in [0.4, 0.5) is 11.4 Å². The van der Waals surface area contributed by atoms with Gasteiger partial charge in [-0.05, 0) is 36.4 Å². The van der Waals surface area contributed by atoms with Gasteiger partial charge in [-0.25, -0.2) is 0 Å². The van der Waals surface area contributed by atoms with Gasteiger partial charge in [-0.3, -0.25) is 0 Å². The first-order chi connectivity index (χ1) is 11.4. The summed E-state index contributed by atoms with van der Waals surface area (Å²) in [6, 6.07) is 30.6. The van der Waals surface area contributed by atoms with Crippen molar-refractivity contribution in [1.29, 1.82) is 0 Å². The minimum atomic E-state index is 0.943. The van der Waals surface area contributed by atoms with E-state index in [1.54, 1.807) is 0 Å². The lowest BCUT2D eigenvalue weighted by atomic mass is 10.2. The number of nitrogens with two attached hydrogens (primary N) is 1. The molecule has 3 aromatic rings. The molecule has 4 heteroatoms. The smallest absolute Gasteiger partial charge is 0.172 e. The first kappa shape index (κ1) is 13.5. The van der Waals surface area contributed by atoms with Crippen LogP contribution in [-0.4, -0.2) is 5.84 Å². The van der Waals surface area contributed by atoms with Gasteiger partial charge in [0.1, 0.15) is 5.69 Å². The molecule has 0 saturated carbocycles. The molecule has 0 amide bonds. The number of quaternary nitrogens is 1. The molecule has 0 fully saturated rings. The summed E-state index contributed by atoms with van der Waals surface area (Å²) in [4.78, 5) is 0. The number of hydrogen-bond donors (Lipinski definition) is 1. The van der Waals surface area contributed by atoms with Gasteiger partial charge in [0.2, 0.25) is 0 Å². The summed E-state index contributed by atoms with van der Waals surface area (Å²) in [5, 5.41) is 8.80. The minimum absolute atomic E-state index is 0.943. The van der Waals surface area contributed by atoms with Crippen molar-refractivity contribution in [3.05, 3.63) is 96.6 Å². The van der Waals surface area contributed by atoms with Crippen LogP contribution in [0.25, 0.3) is 0 Å². The Bertz CT molecular complexity index is 801. The summed E-state index contributed by atoms with van der Waals surface area (Å²) in [5.74, 6) is 0.943. The topological polar surface area (TPSA) is 35.5 Å². The van der Waals surface area contributed by atoms with Crippen LogP contribution in [0.2, 0.25) is 0 Å². The van der Waals surface area contributed by atoms with Crippen molar-refractivity contribution in [2.24, 2.45) is 5.10 Å². The maximum absolute atomic E-state index is 4.81. The molecule has 0 spiro atoms. The standard InChI is InChI=1S/C19H16N4/c1-4-10-16(11-5-1)19-20-22(17-12-6-2-7-13-17)23(21-19)18-14-8-3-9-15-18/h1-15H,(H,20,21)/p+1. The Kier molecular flexibility index (Phi) is 3.50. The molecular weight excluding hydrogens is 284 g/mol. The van der Waals surface area contributed by atoms with Crippen LogP contribution in [0.5, 0.6) is 0 Å². The number of nitrogens with zero attached hydrogens (tertiary/aromatic N) is 3. The SMILES string of the molecule is c1ccc(C2=NN(c3ccccc3)N(c3ccccc3)[NH2+]2)cc1. The van der Waals surface area contributed by atoms with E-state index in [4.69, 9.17) is 5.10 Å². The number of benzene rings is 3. The average molecular weight is 301 g/mol. The quantitative estimate of drug-likeness (QED) is 0.755. The molecule has 0 aromatic heterocycles. The minimum Gasteiger partial charge on any atom is -0.172 e. The van der Waals surface area contributed by atoms with Crippen LogP contribution >= 0.6 is 0 Å². The maximum atomic E-state index is 4.81. The van der Waals surface area contributed by atoms with Crippen LogP contribution in [0.15, 0.2) is 96.1 Å². The molecule has 0 unspecified atom stereocenters. The highest BCUT2D eigenvalue weighted by atomic mass is 15.9. The predicted molar refractivity (Wildman–Crippen MR) is 92.7 cm³/mol. The number of amidine groups is 1. The zero-order valence-corrected chi connectivity index (χ0v) is 12.6. The van der Waals surface area contributed by atoms with Gasteiger partial charge in [0, 0.05) is 0 Å². The van der Waals surface area contributed by atoms with Crippen molar-refractivity contribution in [1.82, 2.24) is 0 Å². The van der Waals surface area contributed by atoms with Crippen molar-refractivity contribution in [2.45, 2.75) is 0 Å². The normalized spacial score (nSPS) is 14.0. The third-order valence-electron chi connectivity index (χ3n) is 3.73. The van der Waals surface area contributed by atoms with Crippen molar-refractivity contribution in [3.63, 3.8) is 0 Å². The van der Waals surface area contributed by atoms with E-state index in [2.05, 4.69) is 46.9 Å². The number of para-hydroxylation sites is 2. The molecule has 0 aliphatic carbocycles. The van der Waals surface area contributed by atoms with Gasteiger partial charge in [0.15, 0.2) is 0 Å². The monoisotopic (exact) mass is 301 g/mol. The Hall–Kier alpha value is -3.11. The summed E-state index contributed by atoms with van der Waals surface area (Å²) in [5.41, 5.74) is 5.27. The number of rotatable bonds is 3. The second-order valence-corrected chi connectivity index (χ2v) is 5.29.